The first-order chi connectivity index (χ1) is 13.7. The van der Waals surface area contributed by atoms with E-state index in [2.05, 4.69) is 10.00 Å². The molecule has 2 aliphatic rings. The number of hydrogen-bond donors (Lipinski definition) is 1. The van der Waals surface area contributed by atoms with Gasteiger partial charge >= 0.3 is 0 Å². The number of aryl methyl sites for hydroxylation is 1. The highest BCUT2D eigenvalue weighted by molar-refractivity contribution is 5.76. The lowest BCUT2D eigenvalue weighted by Crippen LogP contribution is -2.23. The first-order valence-electron chi connectivity index (χ1n) is 10.4. The molecule has 0 spiro atoms. The third-order valence-corrected chi connectivity index (χ3v) is 5.40. The predicted molar refractivity (Wildman–Crippen MR) is 106 cm³/mol. The third-order valence-electron chi connectivity index (χ3n) is 5.40. The van der Waals surface area contributed by atoms with Gasteiger partial charge in [-0.25, -0.2) is 0 Å². The minimum atomic E-state index is 0.0454. The molecule has 4 rings (SSSR count). The maximum atomic E-state index is 12.4. The van der Waals surface area contributed by atoms with Crippen LogP contribution in [0.25, 0.3) is 0 Å². The number of nitrogens with one attached hydrogen (secondary N) is 1. The summed E-state index contributed by atoms with van der Waals surface area (Å²) in [6.07, 6.45) is 4.66. The molecule has 28 heavy (non-hydrogen) atoms. The Balaban J connectivity index is 1.32. The molecule has 0 unspecified atom stereocenters. The van der Waals surface area contributed by atoms with Crippen molar-refractivity contribution in [3.8, 4) is 5.75 Å². The lowest BCUT2D eigenvalue weighted by atomic mass is 10.1. The van der Waals surface area contributed by atoms with Gasteiger partial charge in [-0.05, 0) is 43.4 Å². The smallest absolute Gasteiger partial charge is 0.220 e. The molecule has 0 saturated heterocycles. The van der Waals surface area contributed by atoms with Crippen LogP contribution in [0.3, 0.4) is 0 Å². The number of rotatable bonds is 9. The molecule has 1 aliphatic carbocycles. The van der Waals surface area contributed by atoms with Crippen LogP contribution in [0.15, 0.2) is 24.3 Å². The van der Waals surface area contributed by atoms with Crippen LogP contribution in [0.2, 0.25) is 0 Å². The average molecular weight is 383 g/mol. The molecule has 6 nitrogen and oxygen atoms in total. The molecular weight excluding hydrogens is 354 g/mol. The second-order valence-electron chi connectivity index (χ2n) is 7.66. The van der Waals surface area contributed by atoms with Gasteiger partial charge in [-0.15, -0.1) is 0 Å². The van der Waals surface area contributed by atoms with Gasteiger partial charge in [0, 0.05) is 43.6 Å². The minimum absolute atomic E-state index is 0.0454. The van der Waals surface area contributed by atoms with Gasteiger partial charge in [0.25, 0.3) is 0 Å². The Labute approximate surface area is 166 Å². The van der Waals surface area contributed by atoms with E-state index < -0.39 is 0 Å². The first kappa shape index (κ1) is 19.0. The zero-order valence-corrected chi connectivity index (χ0v) is 16.6. The minimum Gasteiger partial charge on any atom is -0.494 e. The highest BCUT2D eigenvalue weighted by atomic mass is 16.5. The standard InChI is InChI=1S/C22H29N3O3/c1-2-28-18-5-3-4-17(12-18)13-23-22(26)9-8-20-19-15-27-11-10-21(19)25(24-20)14-16-6-7-16/h3-5,12,16H,2,6-11,13-15H2,1H3,(H,23,26). The number of hydrogen-bond acceptors (Lipinski definition) is 4. The Morgan fingerprint density at radius 2 is 2.29 bits per heavy atom. The molecule has 0 bridgehead atoms. The van der Waals surface area contributed by atoms with Crippen molar-refractivity contribution in [2.75, 3.05) is 13.2 Å². The second kappa shape index (κ2) is 8.78. The maximum absolute atomic E-state index is 12.4. The average Bonchev–Trinajstić information content (AvgIpc) is 3.46. The van der Waals surface area contributed by atoms with Crippen LogP contribution in [-0.4, -0.2) is 28.9 Å². The monoisotopic (exact) mass is 383 g/mol. The van der Waals surface area contributed by atoms with Gasteiger partial charge in [0.2, 0.25) is 5.91 Å². The van der Waals surface area contributed by atoms with E-state index in [4.69, 9.17) is 14.6 Å². The zero-order chi connectivity index (χ0) is 19.3. The molecule has 0 atom stereocenters. The number of carbonyl (C=O) groups is 1. The molecule has 1 fully saturated rings. The van der Waals surface area contributed by atoms with E-state index in [0.717, 1.165) is 42.5 Å². The van der Waals surface area contributed by atoms with Gasteiger partial charge in [0.1, 0.15) is 5.75 Å². The van der Waals surface area contributed by atoms with Crippen LogP contribution in [0, 0.1) is 5.92 Å². The lowest BCUT2D eigenvalue weighted by Gasteiger charge is -2.15. The Morgan fingerprint density at radius 3 is 3.11 bits per heavy atom. The molecule has 1 aliphatic heterocycles. The summed E-state index contributed by atoms with van der Waals surface area (Å²) in [5.74, 6) is 1.67. The highest BCUT2D eigenvalue weighted by Gasteiger charge is 2.27. The molecule has 1 aromatic carbocycles. The van der Waals surface area contributed by atoms with Crippen molar-refractivity contribution in [2.45, 2.75) is 58.7 Å². The Hall–Kier alpha value is -2.34. The van der Waals surface area contributed by atoms with Gasteiger partial charge in [-0.2, -0.15) is 5.10 Å². The topological polar surface area (TPSA) is 65.4 Å². The van der Waals surface area contributed by atoms with Crippen LogP contribution in [0.1, 0.15) is 48.7 Å². The van der Waals surface area contributed by atoms with Crippen LogP contribution in [-0.2, 0) is 42.1 Å². The number of aromatic nitrogens is 2. The summed E-state index contributed by atoms with van der Waals surface area (Å²) in [6, 6.07) is 7.84. The van der Waals surface area contributed by atoms with E-state index in [0.29, 0.717) is 32.6 Å². The van der Waals surface area contributed by atoms with E-state index in [1.54, 1.807) is 0 Å². The largest absolute Gasteiger partial charge is 0.494 e. The van der Waals surface area contributed by atoms with Crippen LogP contribution >= 0.6 is 0 Å². The third kappa shape index (κ3) is 4.73. The number of amides is 1. The van der Waals surface area contributed by atoms with E-state index in [1.807, 2.05) is 31.2 Å². The molecule has 2 aromatic rings. The summed E-state index contributed by atoms with van der Waals surface area (Å²) in [7, 11) is 0. The molecule has 1 aromatic heterocycles. The van der Waals surface area contributed by atoms with Gasteiger partial charge in [0.15, 0.2) is 0 Å². The van der Waals surface area contributed by atoms with Crippen molar-refractivity contribution in [2.24, 2.45) is 5.92 Å². The number of benzene rings is 1. The van der Waals surface area contributed by atoms with E-state index in [1.165, 1.54) is 24.1 Å². The fourth-order valence-corrected chi connectivity index (χ4v) is 3.71. The summed E-state index contributed by atoms with van der Waals surface area (Å²) in [5, 5.41) is 7.84. The summed E-state index contributed by atoms with van der Waals surface area (Å²) in [4.78, 5) is 12.4. The molecular formula is C22H29N3O3. The second-order valence-corrected chi connectivity index (χ2v) is 7.66. The van der Waals surface area contributed by atoms with E-state index in [-0.39, 0.29) is 5.91 Å². The molecule has 0 radical (unpaired) electrons. The number of fused-ring (bicyclic) bond motifs is 1. The lowest BCUT2D eigenvalue weighted by molar-refractivity contribution is -0.121. The van der Waals surface area contributed by atoms with Crippen LogP contribution in [0.5, 0.6) is 5.75 Å². The number of ether oxygens (including phenoxy) is 2. The highest BCUT2D eigenvalue weighted by Crippen LogP contribution is 2.32. The van der Waals surface area contributed by atoms with E-state index in [9.17, 15) is 4.79 Å². The summed E-state index contributed by atoms with van der Waals surface area (Å²) in [6.45, 7) is 5.52. The van der Waals surface area contributed by atoms with Gasteiger partial charge < -0.3 is 14.8 Å². The van der Waals surface area contributed by atoms with Crippen LogP contribution in [0.4, 0.5) is 0 Å². The Morgan fingerprint density at radius 1 is 1.39 bits per heavy atom. The Bertz CT molecular complexity index is 826. The van der Waals surface area contributed by atoms with Crippen molar-refractivity contribution in [1.29, 1.82) is 0 Å². The molecule has 1 amide bonds. The zero-order valence-electron chi connectivity index (χ0n) is 16.6. The fourth-order valence-electron chi connectivity index (χ4n) is 3.71. The van der Waals surface area contributed by atoms with Crippen molar-refractivity contribution in [3.05, 3.63) is 46.8 Å². The Kier molecular flexibility index (Phi) is 5.95. The normalized spacial score (nSPS) is 15.9. The van der Waals surface area contributed by atoms with Gasteiger partial charge in [0.05, 0.1) is 25.5 Å². The summed E-state index contributed by atoms with van der Waals surface area (Å²) in [5.41, 5.74) is 4.60. The van der Waals surface area contributed by atoms with Gasteiger partial charge in [-0.1, -0.05) is 12.1 Å². The van der Waals surface area contributed by atoms with E-state index >= 15 is 0 Å². The first-order valence-corrected chi connectivity index (χ1v) is 10.4. The molecule has 1 N–H and O–H groups in total. The summed E-state index contributed by atoms with van der Waals surface area (Å²) < 4.78 is 13.3. The maximum Gasteiger partial charge on any atom is 0.220 e. The van der Waals surface area contributed by atoms with Crippen molar-refractivity contribution < 1.29 is 14.3 Å². The number of nitrogens with zero attached hydrogens (tertiary/aromatic N) is 2. The van der Waals surface area contributed by atoms with Crippen molar-refractivity contribution >= 4 is 5.91 Å². The molecule has 6 heteroatoms. The quantitative estimate of drug-likeness (QED) is 0.723. The predicted octanol–water partition coefficient (Wildman–Crippen LogP) is 3.01. The van der Waals surface area contributed by atoms with Crippen LogP contribution < -0.4 is 10.1 Å². The fraction of sp³-hybridized carbons (Fsp3) is 0.545. The van der Waals surface area contributed by atoms with Gasteiger partial charge in [-0.3, -0.25) is 9.48 Å². The number of carbonyl (C=O) groups excluding carboxylic acids is 1. The molecule has 2 heterocycles. The SMILES string of the molecule is CCOc1cccc(CNC(=O)CCc2nn(CC3CC3)c3c2COCC3)c1. The molecule has 150 valence electrons. The molecule has 1 saturated carbocycles. The van der Waals surface area contributed by atoms with Crippen molar-refractivity contribution in [1.82, 2.24) is 15.1 Å². The summed E-state index contributed by atoms with van der Waals surface area (Å²) >= 11 is 0. The van der Waals surface area contributed by atoms with Crippen molar-refractivity contribution in [3.63, 3.8) is 0 Å².